The SMILES string of the molecule is O=[N+]([O-])c1ccc(S(=O)(=O)Nc2ccc(F)cc2Cl)cc1. The Hall–Kier alpha value is -2.19. The summed E-state index contributed by atoms with van der Waals surface area (Å²) in [5.41, 5.74) is -0.217. The Morgan fingerprint density at radius 2 is 1.76 bits per heavy atom. The lowest BCUT2D eigenvalue weighted by atomic mass is 10.3. The first kappa shape index (κ1) is 15.2. The molecular weight excluding hydrogens is 323 g/mol. The van der Waals surface area contributed by atoms with E-state index >= 15 is 0 Å². The van der Waals surface area contributed by atoms with Crippen LogP contribution in [0.3, 0.4) is 0 Å². The highest BCUT2D eigenvalue weighted by molar-refractivity contribution is 7.92. The Balaban J connectivity index is 2.31. The van der Waals surface area contributed by atoms with E-state index in [1.54, 1.807) is 0 Å². The minimum absolute atomic E-state index is 0.0106. The second kappa shape index (κ2) is 5.66. The first-order valence-corrected chi connectivity index (χ1v) is 7.38. The van der Waals surface area contributed by atoms with Crippen LogP contribution in [-0.2, 0) is 10.0 Å². The van der Waals surface area contributed by atoms with E-state index in [1.807, 2.05) is 0 Å². The van der Waals surface area contributed by atoms with Gasteiger partial charge in [0.2, 0.25) is 0 Å². The van der Waals surface area contributed by atoms with Crippen molar-refractivity contribution in [2.24, 2.45) is 0 Å². The summed E-state index contributed by atoms with van der Waals surface area (Å²) >= 11 is 5.73. The molecule has 9 heteroatoms. The summed E-state index contributed by atoms with van der Waals surface area (Å²) in [4.78, 5) is 9.71. The predicted octanol–water partition coefficient (Wildman–Crippen LogP) is 3.19. The molecule has 0 bridgehead atoms. The fraction of sp³-hybridized carbons (Fsp3) is 0. The molecule has 0 spiro atoms. The molecule has 0 atom stereocenters. The van der Waals surface area contributed by atoms with Crippen LogP contribution >= 0.6 is 11.6 Å². The molecule has 0 saturated heterocycles. The minimum Gasteiger partial charge on any atom is -0.278 e. The van der Waals surface area contributed by atoms with Crippen LogP contribution in [-0.4, -0.2) is 13.3 Å². The van der Waals surface area contributed by atoms with Gasteiger partial charge in [0.05, 0.1) is 20.5 Å². The van der Waals surface area contributed by atoms with Crippen molar-refractivity contribution in [1.29, 1.82) is 0 Å². The standard InChI is InChI=1S/C12H8ClFN2O4S/c13-11-7-8(14)1-6-12(11)15-21(19,20)10-4-2-9(3-5-10)16(17)18/h1-7,15H. The first-order chi connectivity index (χ1) is 9.79. The smallest absolute Gasteiger partial charge is 0.269 e. The number of nitro benzene ring substituents is 1. The number of nitrogens with zero attached hydrogens (tertiary/aromatic N) is 1. The zero-order valence-electron chi connectivity index (χ0n) is 10.3. The summed E-state index contributed by atoms with van der Waals surface area (Å²) in [6.07, 6.45) is 0. The molecule has 0 aliphatic rings. The van der Waals surface area contributed by atoms with Gasteiger partial charge in [0, 0.05) is 12.1 Å². The molecule has 0 aromatic heterocycles. The summed E-state index contributed by atoms with van der Waals surface area (Å²) in [6, 6.07) is 7.53. The van der Waals surface area contributed by atoms with Gasteiger partial charge in [0.25, 0.3) is 15.7 Å². The normalized spacial score (nSPS) is 11.1. The molecule has 21 heavy (non-hydrogen) atoms. The number of sulfonamides is 1. The predicted molar refractivity (Wildman–Crippen MR) is 75.3 cm³/mol. The van der Waals surface area contributed by atoms with Crippen molar-refractivity contribution >= 4 is 33.0 Å². The molecule has 0 aliphatic heterocycles. The van der Waals surface area contributed by atoms with E-state index in [4.69, 9.17) is 11.6 Å². The highest BCUT2D eigenvalue weighted by Crippen LogP contribution is 2.25. The molecule has 0 aliphatic carbocycles. The van der Waals surface area contributed by atoms with Crippen molar-refractivity contribution < 1.29 is 17.7 Å². The quantitative estimate of drug-likeness (QED) is 0.688. The van der Waals surface area contributed by atoms with Gasteiger partial charge < -0.3 is 0 Å². The zero-order chi connectivity index (χ0) is 15.6. The highest BCUT2D eigenvalue weighted by atomic mass is 35.5. The maximum atomic E-state index is 12.9. The number of hydrogen-bond donors (Lipinski definition) is 1. The number of nitrogens with one attached hydrogen (secondary N) is 1. The zero-order valence-corrected chi connectivity index (χ0v) is 11.9. The molecule has 0 amide bonds. The van der Waals surface area contributed by atoms with E-state index in [2.05, 4.69) is 4.72 Å². The third kappa shape index (κ3) is 3.47. The van der Waals surface area contributed by atoms with Crippen molar-refractivity contribution in [3.8, 4) is 0 Å². The molecule has 110 valence electrons. The lowest BCUT2D eigenvalue weighted by Gasteiger charge is -2.09. The molecule has 2 rings (SSSR count). The average molecular weight is 331 g/mol. The molecule has 0 unspecified atom stereocenters. The van der Waals surface area contributed by atoms with Crippen molar-refractivity contribution in [3.05, 3.63) is 63.4 Å². The molecular formula is C12H8ClFN2O4S. The molecule has 2 aromatic rings. The Labute approximate surface area is 124 Å². The van der Waals surface area contributed by atoms with Gasteiger partial charge in [-0.2, -0.15) is 0 Å². The van der Waals surface area contributed by atoms with Gasteiger partial charge in [0.15, 0.2) is 0 Å². The van der Waals surface area contributed by atoms with Crippen LogP contribution in [0.4, 0.5) is 15.8 Å². The molecule has 0 saturated carbocycles. The van der Waals surface area contributed by atoms with Crippen LogP contribution < -0.4 is 4.72 Å². The summed E-state index contributed by atoms with van der Waals surface area (Å²) in [7, 11) is -3.97. The molecule has 0 heterocycles. The summed E-state index contributed by atoms with van der Waals surface area (Å²) in [6.45, 7) is 0. The van der Waals surface area contributed by atoms with Crippen molar-refractivity contribution in [2.45, 2.75) is 4.90 Å². The second-order valence-corrected chi connectivity index (χ2v) is 6.07. The Bertz CT molecular complexity index is 793. The summed E-state index contributed by atoms with van der Waals surface area (Å²) in [5, 5.41) is 10.4. The van der Waals surface area contributed by atoms with Gasteiger partial charge in [-0.1, -0.05) is 11.6 Å². The second-order valence-electron chi connectivity index (χ2n) is 3.98. The van der Waals surface area contributed by atoms with Gasteiger partial charge in [-0.05, 0) is 30.3 Å². The molecule has 6 nitrogen and oxygen atoms in total. The maximum absolute atomic E-state index is 12.9. The Kier molecular flexibility index (Phi) is 4.10. The van der Waals surface area contributed by atoms with Crippen LogP contribution in [0.1, 0.15) is 0 Å². The lowest BCUT2D eigenvalue weighted by Crippen LogP contribution is -2.13. The van der Waals surface area contributed by atoms with Crippen molar-refractivity contribution in [3.63, 3.8) is 0 Å². The summed E-state index contributed by atoms with van der Waals surface area (Å²) in [5.74, 6) is -0.599. The molecule has 1 N–H and O–H groups in total. The maximum Gasteiger partial charge on any atom is 0.269 e. The third-order valence-electron chi connectivity index (χ3n) is 2.53. The number of non-ortho nitro benzene ring substituents is 1. The largest absolute Gasteiger partial charge is 0.278 e. The van der Waals surface area contributed by atoms with Crippen LogP contribution in [0, 0.1) is 15.9 Å². The van der Waals surface area contributed by atoms with Crippen LogP contribution in [0.2, 0.25) is 5.02 Å². The van der Waals surface area contributed by atoms with Crippen molar-refractivity contribution in [1.82, 2.24) is 0 Å². The van der Waals surface area contributed by atoms with Crippen molar-refractivity contribution in [2.75, 3.05) is 4.72 Å². The fourth-order valence-corrected chi connectivity index (χ4v) is 2.87. The number of rotatable bonds is 4. The van der Waals surface area contributed by atoms with Crippen LogP contribution in [0.15, 0.2) is 47.4 Å². The fourth-order valence-electron chi connectivity index (χ4n) is 1.52. The molecule has 0 fully saturated rings. The van der Waals surface area contributed by atoms with Gasteiger partial charge >= 0.3 is 0 Å². The Morgan fingerprint density at radius 1 is 1.14 bits per heavy atom. The lowest BCUT2D eigenvalue weighted by molar-refractivity contribution is -0.384. The van der Waals surface area contributed by atoms with E-state index in [9.17, 15) is 22.9 Å². The van der Waals surface area contributed by atoms with Gasteiger partial charge in [0.1, 0.15) is 5.82 Å². The molecule has 0 radical (unpaired) electrons. The number of hydrogen-bond acceptors (Lipinski definition) is 4. The monoisotopic (exact) mass is 330 g/mol. The first-order valence-electron chi connectivity index (χ1n) is 5.52. The van der Waals surface area contributed by atoms with E-state index in [0.29, 0.717) is 0 Å². The number of halogens is 2. The van der Waals surface area contributed by atoms with E-state index in [0.717, 1.165) is 36.4 Å². The van der Waals surface area contributed by atoms with Gasteiger partial charge in [-0.15, -0.1) is 0 Å². The third-order valence-corrected chi connectivity index (χ3v) is 4.23. The minimum atomic E-state index is -3.97. The number of nitro groups is 1. The Morgan fingerprint density at radius 3 is 2.29 bits per heavy atom. The van der Waals surface area contributed by atoms with Crippen LogP contribution in [0.25, 0.3) is 0 Å². The average Bonchev–Trinajstić information content (AvgIpc) is 2.42. The summed E-state index contributed by atoms with van der Waals surface area (Å²) < 4.78 is 39.3. The topological polar surface area (TPSA) is 89.3 Å². The molecule has 2 aromatic carbocycles. The number of anilines is 1. The van der Waals surface area contributed by atoms with Gasteiger partial charge in [-0.3, -0.25) is 14.8 Å². The number of benzene rings is 2. The van der Waals surface area contributed by atoms with Gasteiger partial charge in [-0.25, -0.2) is 12.8 Å². The van der Waals surface area contributed by atoms with E-state index in [-0.39, 0.29) is 21.3 Å². The van der Waals surface area contributed by atoms with E-state index < -0.39 is 20.8 Å². The highest BCUT2D eigenvalue weighted by Gasteiger charge is 2.17. The van der Waals surface area contributed by atoms with Crippen LogP contribution in [0.5, 0.6) is 0 Å². The van der Waals surface area contributed by atoms with E-state index in [1.165, 1.54) is 6.07 Å².